The summed E-state index contributed by atoms with van der Waals surface area (Å²) >= 11 is 1.21. The van der Waals surface area contributed by atoms with Crippen LogP contribution in [0.15, 0.2) is 24.3 Å². The topological polar surface area (TPSA) is 55.8 Å². The molecule has 5 nitrogen and oxygen atoms in total. The Balaban J connectivity index is 1.92. The summed E-state index contributed by atoms with van der Waals surface area (Å²) in [6.07, 6.45) is -6.37. The molecule has 0 radical (unpaired) electrons. The number of hydrogen-bond acceptors (Lipinski definition) is 5. The molecule has 10 heteroatoms. The number of amides is 1. The number of thioether (sulfide) groups is 1. The van der Waals surface area contributed by atoms with Crippen molar-refractivity contribution in [3.8, 4) is 5.75 Å². The molecule has 1 amide bonds. The first kappa shape index (κ1) is 18.8. The van der Waals surface area contributed by atoms with E-state index >= 15 is 0 Å². The second-order valence-electron chi connectivity index (χ2n) is 6.00. The van der Waals surface area contributed by atoms with Gasteiger partial charge in [0.05, 0.1) is 23.6 Å². The standard InChI is InChI=1S/C16H15F4NO4S/c1-8-16(15(23)24-14(20)13(18)19,7-21-11(22)6-12(21)26-8)25-10-4-2-3-9(17)5-10/h2-5,8,12-14H,6-7H2,1H3/t8?,12-,14?,16?/m1/s1. The second-order valence-corrected chi connectivity index (χ2v) is 7.52. The van der Waals surface area contributed by atoms with Gasteiger partial charge in [0, 0.05) is 6.07 Å². The normalized spacial score (nSPS) is 29.0. The number of β-lactam (4-membered cyclic amide) rings is 1. The van der Waals surface area contributed by atoms with E-state index in [4.69, 9.17) is 4.74 Å². The van der Waals surface area contributed by atoms with Crippen molar-refractivity contribution in [3.05, 3.63) is 30.1 Å². The van der Waals surface area contributed by atoms with Crippen molar-refractivity contribution < 1.29 is 36.6 Å². The van der Waals surface area contributed by atoms with Crippen LogP contribution >= 0.6 is 11.8 Å². The lowest BCUT2D eigenvalue weighted by atomic mass is 9.95. The molecule has 26 heavy (non-hydrogen) atoms. The van der Waals surface area contributed by atoms with Gasteiger partial charge in [0.15, 0.2) is 0 Å². The molecular formula is C16H15F4NO4S. The summed E-state index contributed by atoms with van der Waals surface area (Å²) in [4.78, 5) is 25.7. The van der Waals surface area contributed by atoms with Gasteiger partial charge in [-0.2, -0.15) is 4.39 Å². The van der Waals surface area contributed by atoms with Crippen molar-refractivity contribution >= 4 is 23.6 Å². The lowest BCUT2D eigenvalue weighted by Crippen LogP contribution is -2.69. The van der Waals surface area contributed by atoms with E-state index < -0.39 is 35.4 Å². The Hall–Kier alpha value is -1.97. The summed E-state index contributed by atoms with van der Waals surface area (Å²) in [7, 11) is 0. The zero-order valence-corrected chi connectivity index (χ0v) is 14.3. The summed E-state index contributed by atoms with van der Waals surface area (Å²) in [5.74, 6) is -2.32. The number of rotatable bonds is 5. The van der Waals surface area contributed by atoms with Crippen LogP contribution in [0.4, 0.5) is 17.6 Å². The summed E-state index contributed by atoms with van der Waals surface area (Å²) < 4.78 is 61.5. The van der Waals surface area contributed by atoms with Crippen molar-refractivity contribution in [2.24, 2.45) is 0 Å². The third-order valence-electron chi connectivity index (χ3n) is 4.30. The van der Waals surface area contributed by atoms with Gasteiger partial charge in [0.25, 0.3) is 0 Å². The maximum Gasteiger partial charge on any atom is 0.356 e. The maximum atomic E-state index is 13.4. The van der Waals surface area contributed by atoms with Crippen LogP contribution in [0.5, 0.6) is 5.75 Å². The van der Waals surface area contributed by atoms with Gasteiger partial charge in [0.2, 0.25) is 11.5 Å². The van der Waals surface area contributed by atoms with Crippen LogP contribution in [0.3, 0.4) is 0 Å². The van der Waals surface area contributed by atoms with E-state index in [0.29, 0.717) is 0 Å². The summed E-state index contributed by atoms with van der Waals surface area (Å²) in [6, 6.07) is 4.84. The van der Waals surface area contributed by atoms with Crippen LogP contribution in [0.25, 0.3) is 0 Å². The van der Waals surface area contributed by atoms with Gasteiger partial charge in [-0.25, -0.2) is 18.0 Å². The van der Waals surface area contributed by atoms with Crippen molar-refractivity contribution in [3.63, 3.8) is 0 Å². The highest BCUT2D eigenvalue weighted by Gasteiger charge is 2.59. The Kier molecular flexibility index (Phi) is 5.05. The van der Waals surface area contributed by atoms with Crippen LogP contribution in [-0.2, 0) is 14.3 Å². The lowest BCUT2D eigenvalue weighted by molar-refractivity contribution is -0.194. The zero-order valence-electron chi connectivity index (χ0n) is 13.5. The SMILES string of the molecule is CC1S[C@@H]2CC(=O)N2CC1(Oc1cccc(F)c1)C(=O)OC(F)C(F)F. The predicted octanol–water partition coefficient (Wildman–Crippen LogP) is 2.74. The number of nitrogens with zero attached hydrogens (tertiary/aromatic N) is 1. The molecule has 3 unspecified atom stereocenters. The lowest BCUT2D eigenvalue weighted by Gasteiger charge is -2.52. The van der Waals surface area contributed by atoms with Gasteiger partial charge in [0.1, 0.15) is 11.6 Å². The van der Waals surface area contributed by atoms with E-state index in [0.717, 1.165) is 12.1 Å². The Morgan fingerprint density at radius 3 is 2.73 bits per heavy atom. The molecule has 0 aliphatic carbocycles. The largest absolute Gasteiger partial charge is 0.472 e. The maximum absolute atomic E-state index is 13.4. The average Bonchev–Trinajstić information content (AvgIpc) is 2.57. The first-order chi connectivity index (χ1) is 12.2. The molecule has 2 saturated heterocycles. The molecule has 3 rings (SSSR count). The van der Waals surface area contributed by atoms with Crippen LogP contribution in [0.2, 0.25) is 0 Å². The molecule has 2 fully saturated rings. The van der Waals surface area contributed by atoms with E-state index in [9.17, 15) is 27.2 Å². The Morgan fingerprint density at radius 2 is 2.12 bits per heavy atom. The first-order valence-electron chi connectivity index (χ1n) is 7.76. The third-order valence-corrected chi connectivity index (χ3v) is 5.82. The average molecular weight is 393 g/mol. The van der Waals surface area contributed by atoms with Gasteiger partial charge in [-0.3, -0.25) is 4.79 Å². The fraction of sp³-hybridized carbons (Fsp3) is 0.500. The second kappa shape index (κ2) is 6.98. The number of fused-ring (bicyclic) bond motifs is 1. The Bertz CT molecular complexity index is 721. The smallest absolute Gasteiger partial charge is 0.356 e. The number of carbonyl (C=O) groups excluding carboxylic acids is 2. The monoisotopic (exact) mass is 393 g/mol. The van der Waals surface area contributed by atoms with Gasteiger partial charge in [-0.05, 0) is 19.1 Å². The van der Waals surface area contributed by atoms with E-state index in [-0.39, 0.29) is 30.0 Å². The summed E-state index contributed by atoms with van der Waals surface area (Å²) in [6.45, 7) is 1.29. The van der Waals surface area contributed by atoms with Crippen LogP contribution in [0, 0.1) is 5.82 Å². The molecule has 142 valence electrons. The quantitative estimate of drug-likeness (QED) is 0.438. The molecule has 2 aliphatic rings. The van der Waals surface area contributed by atoms with E-state index in [1.165, 1.54) is 28.8 Å². The summed E-state index contributed by atoms with van der Waals surface area (Å²) in [5, 5.41) is -0.830. The molecule has 0 N–H and O–H groups in total. The van der Waals surface area contributed by atoms with Crippen molar-refractivity contribution in [1.82, 2.24) is 4.90 Å². The minimum atomic E-state index is -3.52. The molecule has 2 heterocycles. The number of carbonyl (C=O) groups is 2. The van der Waals surface area contributed by atoms with Gasteiger partial charge in [-0.15, -0.1) is 11.8 Å². The van der Waals surface area contributed by atoms with Gasteiger partial charge < -0.3 is 14.4 Å². The van der Waals surface area contributed by atoms with Crippen LogP contribution in [0.1, 0.15) is 13.3 Å². The molecule has 1 aromatic carbocycles. The molecule has 1 aromatic rings. The van der Waals surface area contributed by atoms with Gasteiger partial charge in [-0.1, -0.05) is 6.07 Å². The molecule has 0 aromatic heterocycles. The fourth-order valence-corrected chi connectivity index (χ4v) is 4.33. The summed E-state index contributed by atoms with van der Waals surface area (Å²) in [5.41, 5.74) is -1.94. The Morgan fingerprint density at radius 1 is 1.38 bits per heavy atom. The molecule has 2 aliphatic heterocycles. The minimum Gasteiger partial charge on any atom is -0.472 e. The van der Waals surface area contributed by atoms with Gasteiger partial charge >= 0.3 is 18.8 Å². The highest BCUT2D eigenvalue weighted by atomic mass is 32.2. The first-order valence-corrected chi connectivity index (χ1v) is 8.70. The minimum absolute atomic E-state index is 0.0618. The number of halogens is 4. The van der Waals surface area contributed by atoms with E-state index in [2.05, 4.69) is 4.74 Å². The predicted molar refractivity (Wildman–Crippen MR) is 83.9 cm³/mol. The number of ether oxygens (including phenoxy) is 2. The van der Waals surface area contributed by atoms with Crippen LogP contribution < -0.4 is 4.74 Å². The number of benzene rings is 1. The fourth-order valence-electron chi connectivity index (χ4n) is 2.85. The molecule has 0 bridgehead atoms. The third kappa shape index (κ3) is 3.34. The van der Waals surface area contributed by atoms with Crippen molar-refractivity contribution in [2.75, 3.05) is 6.54 Å². The number of esters is 1. The Labute approximate surface area is 150 Å². The highest BCUT2D eigenvalue weighted by Crippen LogP contribution is 2.45. The number of alkyl halides is 3. The van der Waals surface area contributed by atoms with E-state index in [1.54, 1.807) is 6.92 Å². The molecular weight excluding hydrogens is 378 g/mol. The molecule has 0 spiro atoms. The molecule has 4 atom stereocenters. The number of hydrogen-bond donors (Lipinski definition) is 0. The van der Waals surface area contributed by atoms with Crippen LogP contribution in [-0.4, -0.2) is 52.3 Å². The van der Waals surface area contributed by atoms with Crippen molar-refractivity contribution in [2.45, 2.75) is 42.4 Å². The van der Waals surface area contributed by atoms with E-state index in [1.807, 2.05) is 0 Å². The van der Waals surface area contributed by atoms with Crippen molar-refractivity contribution in [1.29, 1.82) is 0 Å². The highest BCUT2D eigenvalue weighted by molar-refractivity contribution is 8.00. The molecule has 0 saturated carbocycles. The zero-order chi connectivity index (χ0) is 19.1.